The lowest BCUT2D eigenvalue weighted by molar-refractivity contribution is -0.00715. The third-order valence-corrected chi connectivity index (χ3v) is 8.12. The Balaban J connectivity index is 1.30. The molecule has 3 heterocycles. The maximum Gasteiger partial charge on any atom is 0.256 e. The van der Waals surface area contributed by atoms with E-state index in [-0.39, 0.29) is 30.4 Å². The largest absolute Gasteiger partial charge is 0.391 e. The summed E-state index contributed by atoms with van der Waals surface area (Å²) < 4.78 is 5.65. The van der Waals surface area contributed by atoms with Gasteiger partial charge in [0.2, 0.25) is 0 Å². The van der Waals surface area contributed by atoms with Crippen LogP contribution >= 0.6 is 0 Å². The van der Waals surface area contributed by atoms with Crippen molar-refractivity contribution in [3.05, 3.63) is 64.7 Å². The van der Waals surface area contributed by atoms with Crippen molar-refractivity contribution in [1.29, 1.82) is 0 Å². The summed E-state index contributed by atoms with van der Waals surface area (Å²) in [4.78, 5) is 32.9. The van der Waals surface area contributed by atoms with E-state index in [0.29, 0.717) is 56.8 Å². The van der Waals surface area contributed by atoms with E-state index in [9.17, 15) is 14.7 Å². The molecule has 8 nitrogen and oxygen atoms in total. The third kappa shape index (κ3) is 5.23. The molecule has 3 N–H and O–H groups in total. The summed E-state index contributed by atoms with van der Waals surface area (Å²) in [5.41, 5.74) is 10.1. The molecule has 198 valence electrons. The van der Waals surface area contributed by atoms with Gasteiger partial charge in [0.25, 0.3) is 11.8 Å². The summed E-state index contributed by atoms with van der Waals surface area (Å²) in [6, 6.07) is 13.8. The van der Waals surface area contributed by atoms with Crippen LogP contribution in [0.15, 0.2) is 42.5 Å². The smallest absolute Gasteiger partial charge is 0.256 e. The quantitative estimate of drug-likeness (QED) is 0.571. The predicted octanol–water partition coefficient (Wildman–Crippen LogP) is 2.42. The van der Waals surface area contributed by atoms with E-state index in [1.165, 1.54) is 0 Å². The fraction of sp³-hybridized carbons (Fsp3) is 0.517. The molecule has 2 aromatic carbocycles. The molecule has 0 radical (unpaired) electrons. The van der Waals surface area contributed by atoms with Gasteiger partial charge >= 0.3 is 0 Å². The molecular weight excluding hydrogens is 468 g/mol. The lowest BCUT2D eigenvalue weighted by Crippen LogP contribution is -2.49. The molecule has 8 heteroatoms. The van der Waals surface area contributed by atoms with Gasteiger partial charge < -0.3 is 30.3 Å². The van der Waals surface area contributed by atoms with E-state index in [4.69, 9.17) is 10.5 Å². The van der Waals surface area contributed by atoms with Gasteiger partial charge in [-0.1, -0.05) is 24.3 Å². The molecule has 2 saturated heterocycles. The number of aliphatic hydroxyl groups excluding tert-OH is 1. The van der Waals surface area contributed by atoms with Crippen LogP contribution in [0, 0.1) is 0 Å². The molecule has 5 rings (SSSR count). The van der Waals surface area contributed by atoms with E-state index in [1.54, 1.807) is 17.0 Å². The Morgan fingerprint density at radius 2 is 1.78 bits per heavy atom. The number of fused-ring (bicyclic) bond motifs is 3. The van der Waals surface area contributed by atoms with Gasteiger partial charge in [0, 0.05) is 38.3 Å². The molecule has 3 atom stereocenters. The van der Waals surface area contributed by atoms with E-state index >= 15 is 0 Å². The maximum atomic E-state index is 13.6. The van der Waals surface area contributed by atoms with Crippen LogP contribution in [0.2, 0.25) is 0 Å². The minimum Gasteiger partial charge on any atom is -0.391 e. The first-order valence-electron chi connectivity index (χ1n) is 13.5. The molecule has 3 unspecified atom stereocenters. The number of aryl methyl sites for hydroxylation is 1. The number of carbonyl (C=O) groups excluding carboxylic acids is 2. The molecule has 0 aliphatic carbocycles. The Morgan fingerprint density at radius 3 is 2.49 bits per heavy atom. The van der Waals surface area contributed by atoms with Gasteiger partial charge in [-0.05, 0) is 61.9 Å². The molecule has 3 aliphatic rings. The highest BCUT2D eigenvalue weighted by molar-refractivity contribution is 6.03. The summed E-state index contributed by atoms with van der Waals surface area (Å²) in [6.45, 7) is 5.91. The first kappa shape index (κ1) is 25.7. The van der Waals surface area contributed by atoms with E-state index in [0.717, 1.165) is 36.2 Å². The molecule has 2 bridgehead atoms. The molecule has 2 aromatic rings. The highest BCUT2D eigenvalue weighted by atomic mass is 16.5. The van der Waals surface area contributed by atoms with E-state index in [1.807, 2.05) is 35.2 Å². The van der Waals surface area contributed by atoms with Gasteiger partial charge in [-0.2, -0.15) is 0 Å². The van der Waals surface area contributed by atoms with Crippen LogP contribution in [0.3, 0.4) is 0 Å². The van der Waals surface area contributed by atoms with Gasteiger partial charge in [0.1, 0.15) is 0 Å². The fourth-order valence-corrected chi connectivity index (χ4v) is 6.02. The molecule has 2 fully saturated rings. The summed E-state index contributed by atoms with van der Waals surface area (Å²) >= 11 is 0. The van der Waals surface area contributed by atoms with Crippen LogP contribution < -0.4 is 10.6 Å². The zero-order valence-electron chi connectivity index (χ0n) is 21.6. The number of rotatable bonds is 8. The van der Waals surface area contributed by atoms with Crippen LogP contribution in [0.1, 0.15) is 58.0 Å². The highest BCUT2D eigenvalue weighted by Gasteiger charge is 2.41. The Bertz CT molecular complexity index is 1120. The van der Waals surface area contributed by atoms with Crippen LogP contribution in [-0.2, 0) is 17.7 Å². The lowest BCUT2D eigenvalue weighted by Gasteiger charge is -2.35. The van der Waals surface area contributed by atoms with Crippen LogP contribution in [0.5, 0.6) is 0 Å². The number of aliphatic hydroxyl groups is 1. The first-order valence-corrected chi connectivity index (χ1v) is 13.5. The summed E-state index contributed by atoms with van der Waals surface area (Å²) in [6.07, 6.45) is 2.60. The van der Waals surface area contributed by atoms with Gasteiger partial charge in [-0.3, -0.25) is 9.59 Å². The monoisotopic (exact) mass is 506 g/mol. The number of carbonyl (C=O) groups is 2. The topological polar surface area (TPSA) is 99.3 Å². The molecule has 37 heavy (non-hydrogen) atoms. The number of hydrogen-bond donors (Lipinski definition) is 2. The second-order valence-corrected chi connectivity index (χ2v) is 10.4. The van der Waals surface area contributed by atoms with E-state index in [2.05, 4.69) is 11.8 Å². The Labute approximate surface area is 219 Å². The molecule has 3 aliphatic heterocycles. The second kappa shape index (κ2) is 11.2. The molecule has 0 aromatic heterocycles. The van der Waals surface area contributed by atoms with Crippen LogP contribution in [-0.4, -0.2) is 84.3 Å². The van der Waals surface area contributed by atoms with Crippen molar-refractivity contribution in [3.63, 3.8) is 0 Å². The highest BCUT2D eigenvalue weighted by Crippen LogP contribution is 2.32. The lowest BCUT2D eigenvalue weighted by atomic mass is 10.0. The van der Waals surface area contributed by atoms with Crippen LogP contribution in [0.25, 0.3) is 0 Å². The number of anilines is 1. The Kier molecular flexibility index (Phi) is 7.79. The number of morpholine rings is 1. The van der Waals surface area contributed by atoms with Gasteiger partial charge in [0.15, 0.2) is 0 Å². The minimum absolute atomic E-state index is 0.0244. The number of amides is 2. The number of ether oxygens (including phenoxy) is 1. The summed E-state index contributed by atoms with van der Waals surface area (Å²) in [5.74, 6) is -0.0748. The number of likely N-dealkylation sites (N-methyl/N-ethyl adjacent to an activating group) is 1. The van der Waals surface area contributed by atoms with Crippen molar-refractivity contribution in [2.45, 2.75) is 57.3 Å². The van der Waals surface area contributed by atoms with Crippen molar-refractivity contribution in [1.82, 2.24) is 9.80 Å². The average Bonchev–Trinajstić information content (AvgIpc) is 3.09. The SMILES string of the molecule is CCN1CCN(CC(O)CCc2ccccc2CN)C(=O)c2ccc(C(=O)N3C4CCC3COC4)cc21. The molecule has 0 saturated carbocycles. The van der Waals surface area contributed by atoms with Crippen molar-refractivity contribution >= 4 is 17.5 Å². The number of benzene rings is 2. The Morgan fingerprint density at radius 1 is 1.08 bits per heavy atom. The first-order chi connectivity index (χ1) is 18.0. The van der Waals surface area contributed by atoms with Gasteiger partial charge in [-0.25, -0.2) is 0 Å². The number of nitrogens with two attached hydrogens (primary N) is 1. The zero-order chi connectivity index (χ0) is 25.9. The summed E-state index contributed by atoms with van der Waals surface area (Å²) in [5, 5.41) is 10.8. The summed E-state index contributed by atoms with van der Waals surface area (Å²) in [7, 11) is 0. The van der Waals surface area contributed by atoms with E-state index < -0.39 is 6.10 Å². The van der Waals surface area contributed by atoms with Gasteiger partial charge in [0.05, 0.1) is 42.7 Å². The van der Waals surface area contributed by atoms with Crippen molar-refractivity contribution in [2.24, 2.45) is 5.73 Å². The fourth-order valence-electron chi connectivity index (χ4n) is 6.02. The maximum absolute atomic E-state index is 13.6. The number of β-amino-alcohol motifs (C(OH)–C–C–N with tert-alkyl or cyclic N) is 1. The zero-order valence-corrected chi connectivity index (χ0v) is 21.6. The molecule has 0 spiro atoms. The number of nitrogens with zero attached hydrogens (tertiary/aromatic N) is 3. The predicted molar refractivity (Wildman–Crippen MR) is 143 cm³/mol. The van der Waals surface area contributed by atoms with Crippen LogP contribution in [0.4, 0.5) is 5.69 Å². The second-order valence-electron chi connectivity index (χ2n) is 10.4. The standard InChI is InChI=1S/C29H38N4O4/c1-2-31-13-14-32(17-25(34)11-7-20-5-3-4-6-22(20)16-30)29(36)26-12-8-21(15-27(26)31)28(35)33-23-9-10-24(33)19-37-18-23/h3-6,8,12,15,23-25,34H,2,7,9-11,13-14,16-19,30H2,1H3. The minimum atomic E-state index is -0.635. The van der Waals surface area contributed by atoms with Crippen molar-refractivity contribution < 1.29 is 19.4 Å². The third-order valence-electron chi connectivity index (χ3n) is 8.12. The van der Waals surface area contributed by atoms with Crippen molar-refractivity contribution in [2.75, 3.05) is 44.3 Å². The number of hydrogen-bond acceptors (Lipinski definition) is 6. The molecule has 2 amide bonds. The molecular formula is C29H38N4O4. The van der Waals surface area contributed by atoms with Gasteiger partial charge in [-0.15, -0.1) is 0 Å². The normalized spacial score (nSPS) is 22.1. The average molecular weight is 507 g/mol. The Hall–Kier alpha value is -2.94. The van der Waals surface area contributed by atoms with Crippen molar-refractivity contribution in [3.8, 4) is 0 Å².